The summed E-state index contributed by atoms with van der Waals surface area (Å²) in [5, 5.41) is 12.4. The third-order valence-corrected chi connectivity index (χ3v) is 1.68. The SMILES string of the molecule is OCc1cn(Cc2ccno2)cn1. The lowest BCUT2D eigenvalue weighted by Gasteiger charge is -1.94. The van der Waals surface area contributed by atoms with Gasteiger partial charge in [-0.05, 0) is 0 Å². The van der Waals surface area contributed by atoms with E-state index in [1.54, 1.807) is 24.8 Å². The van der Waals surface area contributed by atoms with E-state index in [1.807, 2.05) is 4.57 Å². The number of aliphatic hydroxyl groups is 1. The van der Waals surface area contributed by atoms with Gasteiger partial charge in [0.15, 0.2) is 5.76 Å². The molecular weight excluding hydrogens is 170 g/mol. The fourth-order valence-corrected chi connectivity index (χ4v) is 1.08. The van der Waals surface area contributed by atoms with Gasteiger partial charge >= 0.3 is 0 Å². The minimum Gasteiger partial charge on any atom is -0.390 e. The molecule has 0 aliphatic rings. The number of rotatable bonds is 3. The van der Waals surface area contributed by atoms with Gasteiger partial charge in [-0.2, -0.15) is 0 Å². The van der Waals surface area contributed by atoms with Gasteiger partial charge in [-0.3, -0.25) is 0 Å². The summed E-state index contributed by atoms with van der Waals surface area (Å²) in [5.74, 6) is 0.766. The second kappa shape index (κ2) is 3.40. The lowest BCUT2D eigenvalue weighted by atomic mass is 10.4. The lowest BCUT2D eigenvalue weighted by Crippen LogP contribution is -1.94. The monoisotopic (exact) mass is 179 g/mol. The molecule has 0 atom stereocenters. The highest BCUT2D eigenvalue weighted by molar-refractivity contribution is 4.99. The van der Waals surface area contributed by atoms with Crippen molar-refractivity contribution in [1.82, 2.24) is 14.7 Å². The van der Waals surface area contributed by atoms with Crippen LogP contribution in [0.5, 0.6) is 0 Å². The molecule has 0 fully saturated rings. The van der Waals surface area contributed by atoms with Gasteiger partial charge in [0.2, 0.25) is 0 Å². The highest BCUT2D eigenvalue weighted by Gasteiger charge is 2.00. The Hall–Kier alpha value is -1.62. The maximum Gasteiger partial charge on any atom is 0.156 e. The third kappa shape index (κ3) is 1.75. The van der Waals surface area contributed by atoms with E-state index in [4.69, 9.17) is 9.63 Å². The number of aliphatic hydroxyl groups excluding tert-OH is 1. The van der Waals surface area contributed by atoms with Gasteiger partial charge in [0, 0.05) is 12.3 Å². The van der Waals surface area contributed by atoms with Crippen LogP contribution in [0.3, 0.4) is 0 Å². The Morgan fingerprint density at radius 1 is 1.54 bits per heavy atom. The maximum absolute atomic E-state index is 8.77. The first-order valence-corrected chi connectivity index (χ1v) is 3.89. The summed E-state index contributed by atoms with van der Waals surface area (Å²) < 4.78 is 6.74. The molecule has 0 amide bonds. The van der Waals surface area contributed by atoms with Crippen LogP contribution in [0.1, 0.15) is 11.5 Å². The minimum atomic E-state index is -0.0383. The molecule has 1 N–H and O–H groups in total. The highest BCUT2D eigenvalue weighted by atomic mass is 16.5. The molecule has 2 aromatic heterocycles. The molecule has 2 heterocycles. The molecule has 0 spiro atoms. The summed E-state index contributed by atoms with van der Waals surface area (Å²) in [4.78, 5) is 3.97. The van der Waals surface area contributed by atoms with Crippen LogP contribution in [0, 0.1) is 0 Å². The number of hydrogen-bond acceptors (Lipinski definition) is 4. The smallest absolute Gasteiger partial charge is 0.156 e. The molecule has 0 aromatic carbocycles. The van der Waals surface area contributed by atoms with E-state index in [-0.39, 0.29) is 6.61 Å². The minimum absolute atomic E-state index is 0.0383. The molecule has 5 heteroatoms. The molecule has 13 heavy (non-hydrogen) atoms. The van der Waals surface area contributed by atoms with E-state index in [0.29, 0.717) is 12.2 Å². The predicted octanol–water partition coefficient (Wildman–Crippen LogP) is 0.412. The van der Waals surface area contributed by atoms with Gasteiger partial charge in [0.05, 0.1) is 31.4 Å². The van der Waals surface area contributed by atoms with Gasteiger partial charge in [-0.15, -0.1) is 0 Å². The second-order valence-corrected chi connectivity index (χ2v) is 2.67. The Labute approximate surface area is 74.6 Å². The Balaban J connectivity index is 2.10. The maximum atomic E-state index is 8.77. The van der Waals surface area contributed by atoms with Crippen molar-refractivity contribution in [1.29, 1.82) is 0 Å². The van der Waals surface area contributed by atoms with Crippen LogP contribution in [0.4, 0.5) is 0 Å². The van der Waals surface area contributed by atoms with Crippen LogP contribution >= 0.6 is 0 Å². The zero-order valence-electron chi connectivity index (χ0n) is 6.92. The van der Waals surface area contributed by atoms with Gasteiger partial charge in [0.25, 0.3) is 0 Å². The summed E-state index contributed by atoms with van der Waals surface area (Å²) in [7, 11) is 0. The van der Waals surface area contributed by atoms with Gasteiger partial charge in [-0.25, -0.2) is 4.98 Å². The average Bonchev–Trinajstić information content (AvgIpc) is 2.76. The standard InChI is InChI=1S/C8H9N3O2/c12-5-7-3-11(6-9-7)4-8-1-2-10-13-8/h1-3,6,12H,4-5H2. The van der Waals surface area contributed by atoms with E-state index in [0.717, 1.165) is 5.76 Å². The van der Waals surface area contributed by atoms with Gasteiger partial charge < -0.3 is 14.2 Å². The summed E-state index contributed by atoms with van der Waals surface area (Å²) in [6.07, 6.45) is 5.01. The molecular formula is C8H9N3O2. The molecule has 5 nitrogen and oxygen atoms in total. The van der Waals surface area contributed by atoms with Crippen molar-refractivity contribution < 1.29 is 9.63 Å². The summed E-state index contributed by atoms with van der Waals surface area (Å²) >= 11 is 0. The summed E-state index contributed by atoms with van der Waals surface area (Å²) in [6.45, 7) is 0.552. The molecule has 0 aliphatic heterocycles. The Morgan fingerprint density at radius 3 is 3.08 bits per heavy atom. The second-order valence-electron chi connectivity index (χ2n) is 2.67. The normalized spacial score (nSPS) is 10.5. The average molecular weight is 179 g/mol. The number of hydrogen-bond donors (Lipinski definition) is 1. The number of imidazole rings is 1. The molecule has 68 valence electrons. The molecule has 0 unspecified atom stereocenters. The fraction of sp³-hybridized carbons (Fsp3) is 0.250. The predicted molar refractivity (Wildman–Crippen MR) is 43.8 cm³/mol. The Kier molecular flexibility index (Phi) is 2.09. The highest BCUT2D eigenvalue weighted by Crippen LogP contribution is 2.02. The van der Waals surface area contributed by atoms with E-state index in [1.165, 1.54) is 0 Å². The largest absolute Gasteiger partial charge is 0.390 e. The first-order valence-electron chi connectivity index (χ1n) is 3.89. The zero-order valence-corrected chi connectivity index (χ0v) is 6.92. The van der Waals surface area contributed by atoms with Crippen LogP contribution in [0.2, 0.25) is 0 Å². The van der Waals surface area contributed by atoms with Gasteiger partial charge in [-0.1, -0.05) is 5.16 Å². The molecule has 0 aliphatic carbocycles. The molecule has 0 radical (unpaired) electrons. The van der Waals surface area contributed by atoms with Crippen molar-refractivity contribution in [3.63, 3.8) is 0 Å². The molecule has 2 aromatic rings. The van der Waals surface area contributed by atoms with Crippen molar-refractivity contribution in [3.8, 4) is 0 Å². The van der Waals surface area contributed by atoms with E-state index < -0.39 is 0 Å². The van der Waals surface area contributed by atoms with E-state index >= 15 is 0 Å². The fourth-order valence-electron chi connectivity index (χ4n) is 1.08. The molecule has 0 bridgehead atoms. The van der Waals surface area contributed by atoms with Crippen LogP contribution in [-0.4, -0.2) is 19.8 Å². The number of nitrogens with zero attached hydrogens (tertiary/aromatic N) is 3. The van der Waals surface area contributed by atoms with Crippen LogP contribution in [0.15, 0.2) is 29.3 Å². The van der Waals surface area contributed by atoms with Crippen LogP contribution in [-0.2, 0) is 13.2 Å². The first-order chi connectivity index (χ1) is 6.38. The first kappa shape index (κ1) is 8.00. The lowest BCUT2D eigenvalue weighted by molar-refractivity contribution is 0.277. The Morgan fingerprint density at radius 2 is 2.46 bits per heavy atom. The van der Waals surface area contributed by atoms with E-state index in [9.17, 15) is 0 Å². The van der Waals surface area contributed by atoms with Crippen LogP contribution < -0.4 is 0 Å². The van der Waals surface area contributed by atoms with Crippen molar-refractivity contribution in [2.45, 2.75) is 13.2 Å². The van der Waals surface area contributed by atoms with Crippen molar-refractivity contribution >= 4 is 0 Å². The van der Waals surface area contributed by atoms with Crippen molar-refractivity contribution in [2.24, 2.45) is 0 Å². The van der Waals surface area contributed by atoms with Crippen molar-refractivity contribution in [2.75, 3.05) is 0 Å². The van der Waals surface area contributed by atoms with Crippen LogP contribution in [0.25, 0.3) is 0 Å². The molecule has 0 saturated carbocycles. The third-order valence-electron chi connectivity index (χ3n) is 1.68. The van der Waals surface area contributed by atoms with Crippen molar-refractivity contribution in [3.05, 3.63) is 36.2 Å². The zero-order chi connectivity index (χ0) is 9.10. The van der Waals surface area contributed by atoms with Gasteiger partial charge in [0.1, 0.15) is 0 Å². The molecule has 2 rings (SSSR count). The Bertz CT molecular complexity index is 366. The van der Waals surface area contributed by atoms with E-state index in [2.05, 4.69) is 10.1 Å². The number of aromatic nitrogens is 3. The summed E-state index contributed by atoms with van der Waals surface area (Å²) in [5.41, 5.74) is 0.652. The quantitative estimate of drug-likeness (QED) is 0.741. The topological polar surface area (TPSA) is 64.1 Å². The summed E-state index contributed by atoms with van der Waals surface area (Å²) in [6, 6.07) is 1.79. The molecule has 0 saturated heterocycles.